The Morgan fingerprint density at radius 1 is 1.10 bits per heavy atom. The molecule has 0 spiro atoms. The highest BCUT2D eigenvalue weighted by Gasteiger charge is 2.29. The van der Waals surface area contributed by atoms with Gasteiger partial charge in [0.1, 0.15) is 5.82 Å². The van der Waals surface area contributed by atoms with Crippen LogP contribution >= 0.6 is 11.6 Å². The lowest BCUT2D eigenvalue weighted by Gasteiger charge is -2.33. The molecule has 1 saturated carbocycles. The van der Waals surface area contributed by atoms with Gasteiger partial charge in [-0.15, -0.1) is 0 Å². The topological polar surface area (TPSA) is 50.7 Å². The average molecular weight is 424 g/mol. The smallest absolute Gasteiger partial charge is 0.274 e. The van der Waals surface area contributed by atoms with Crippen LogP contribution in [0.1, 0.15) is 50.1 Å². The predicted octanol–water partition coefficient (Wildman–Crippen LogP) is 6.21. The van der Waals surface area contributed by atoms with E-state index in [4.69, 9.17) is 11.6 Å². The summed E-state index contributed by atoms with van der Waals surface area (Å²) in [5.74, 6) is 0.573. The number of H-pyrrole nitrogens is 1. The van der Waals surface area contributed by atoms with Crippen LogP contribution in [-0.4, -0.2) is 14.8 Å². The Hall–Kier alpha value is -2.66. The van der Waals surface area contributed by atoms with Gasteiger partial charge in [0.05, 0.1) is 22.5 Å². The molecular formula is C24H23ClFN3O. The van der Waals surface area contributed by atoms with Crippen molar-refractivity contribution >= 4 is 33.4 Å². The van der Waals surface area contributed by atoms with Crippen molar-refractivity contribution < 1.29 is 4.39 Å². The summed E-state index contributed by atoms with van der Waals surface area (Å²) in [6.07, 6.45) is 5.90. The summed E-state index contributed by atoms with van der Waals surface area (Å²) in [6, 6.07) is 12.3. The Labute approximate surface area is 178 Å². The second kappa shape index (κ2) is 7.55. The first-order valence-corrected chi connectivity index (χ1v) is 10.8. The Morgan fingerprint density at radius 2 is 1.90 bits per heavy atom. The monoisotopic (exact) mass is 423 g/mol. The Balaban J connectivity index is 1.37. The third kappa shape index (κ3) is 3.31. The summed E-state index contributed by atoms with van der Waals surface area (Å²) >= 11 is 6.06. The highest BCUT2D eigenvalue weighted by atomic mass is 35.5. The fraction of sp³-hybridized carbons (Fsp3) is 0.333. The third-order valence-electron chi connectivity index (χ3n) is 6.71. The summed E-state index contributed by atoms with van der Waals surface area (Å²) in [6.45, 7) is 2.11. The molecule has 0 saturated heterocycles. The van der Waals surface area contributed by atoms with E-state index < -0.39 is 0 Å². The highest BCUT2D eigenvalue weighted by Crippen LogP contribution is 2.41. The van der Waals surface area contributed by atoms with Crippen LogP contribution in [0.3, 0.4) is 0 Å². The molecule has 30 heavy (non-hydrogen) atoms. The van der Waals surface area contributed by atoms with Crippen LogP contribution in [0, 0.1) is 11.7 Å². The van der Waals surface area contributed by atoms with Crippen LogP contribution in [0.4, 0.5) is 4.39 Å². The van der Waals surface area contributed by atoms with Crippen molar-refractivity contribution in [2.75, 3.05) is 0 Å². The van der Waals surface area contributed by atoms with Gasteiger partial charge in [-0.3, -0.25) is 14.9 Å². The van der Waals surface area contributed by atoms with Crippen molar-refractivity contribution in [2.24, 2.45) is 5.92 Å². The number of aromatic amines is 1. The molecule has 1 atom stereocenters. The fourth-order valence-electron chi connectivity index (χ4n) is 5.01. The van der Waals surface area contributed by atoms with E-state index in [9.17, 15) is 9.18 Å². The normalized spacial score (nSPS) is 20.6. The van der Waals surface area contributed by atoms with E-state index in [0.29, 0.717) is 22.2 Å². The number of nitrogens with zero attached hydrogens (tertiary/aromatic N) is 2. The van der Waals surface area contributed by atoms with E-state index in [1.54, 1.807) is 28.9 Å². The minimum Gasteiger partial charge on any atom is -0.295 e. The standard InChI is InChI=1S/C24H23ClFN3O/c1-14(29-24(30)21-12-17(25)6-8-23(21)28-29)15-2-4-16(5-3-15)19-10-11-27-22-9-7-18(26)13-20(19)22/h6-16,28H,2-5H2,1H3. The lowest BCUT2D eigenvalue weighted by Crippen LogP contribution is -2.28. The minimum atomic E-state index is -0.225. The van der Waals surface area contributed by atoms with Crippen molar-refractivity contribution in [1.82, 2.24) is 14.8 Å². The number of halogens is 2. The maximum Gasteiger partial charge on any atom is 0.274 e. The van der Waals surface area contributed by atoms with Gasteiger partial charge in [0.15, 0.2) is 0 Å². The van der Waals surface area contributed by atoms with Gasteiger partial charge in [-0.1, -0.05) is 11.6 Å². The van der Waals surface area contributed by atoms with E-state index in [1.807, 2.05) is 18.3 Å². The fourth-order valence-corrected chi connectivity index (χ4v) is 5.18. The van der Waals surface area contributed by atoms with Crippen LogP contribution in [-0.2, 0) is 0 Å². The zero-order valence-corrected chi connectivity index (χ0v) is 17.5. The van der Waals surface area contributed by atoms with Crippen molar-refractivity contribution in [1.29, 1.82) is 0 Å². The van der Waals surface area contributed by atoms with Gasteiger partial charge in [0.25, 0.3) is 5.56 Å². The SMILES string of the molecule is CC(C1CCC(c2ccnc3ccc(F)cc23)CC1)n1[nH]c2ccc(Cl)cc2c1=O. The summed E-state index contributed by atoms with van der Waals surface area (Å²) in [5, 5.41) is 5.37. The molecule has 1 N–H and O–H groups in total. The zero-order chi connectivity index (χ0) is 20.8. The lowest BCUT2D eigenvalue weighted by atomic mass is 9.75. The lowest BCUT2D eigenvalue weighted by molar-refractivity contribution is 0.233. The molecular weight excluding hydrogens is 401 g/mol. The number of benzene rings is 2. The highest BCUT2D eigenvalue weighted by molar-refractivity contribution is 6.31. The first-order chi connectivity index (χ1) is 14.5. The summed E-state index contributed by atoms with van der Waals surface area (Å²) in [5.41, 5.74) is 2.82. The molecule has 2 aromatic carbocycles. The van der Waals surface area contributed by atoms with Gasteiger partial charge >= 0.3 is 0 Å². The molecule has 0 amide bonds. The third-order valence-corrected chi connectivity index (χ3v) is 6.95. The number of hydrogen-bond acceptors (Lipinski definition) is 2. The van der Waals surface area contributed by atoms with Gasteiger partial charge in [-0.25, -0.2) is 9.07 Å². The van der Waals surface area contributed by atoms with Gasteiger partial charge < -0.3 is 0 Å². The number of pyridine rings is 1. The van der Waals surface area contributed by atoms with E-state index in [-0.39, 0.29) is 17.4 Å². The molecule has 2 aromatic heterocycles. The molecule has 0 bridgehead atoms. The summed E-state index contributed by atoms with van der Waals surface area (Å²) < 4.78 is 15.6. The molecule has 154 valence electrons. The summed E-state index contributed by atoms with van der Waals surface area (Å²) in [4.78, 5) is 17.2. The van der Waals surface area contributed by atoms with E-state index in [1.165, 1.54) is 11.6 Å². The largest absolute Gasteiger partial charge is 0.295 e. The quantitative estimate of drug-likeness (QED) is 0.426. The van der Waals surface area contributed by atoms with Crippen LogP contribution in [0.25, 0.3) is 21.8 Å². The molecule has 1 unspecified atom stereocenters. The first-order valence-electron chi connectivity index (χ1n) is 10.4. The number of aromatic nitrogens is 3. The maximum atomic E-state index is 13.8. The molecule has 1 aliphatic carbocycles. The Bertz CT molecular complexity index is 1290. The van der Waals surface area contributed by atoms with Crippen molar-refractivity contribution in [2.45, 2.75) is 44.6 Å². The van der Waals surface area contributed by atoms with Crippen molar-refractivity contribution in [3.05, 3.63) is 75.4 Å². The molecule has 4 aromatic rings. The zero-order valence-electron chi connectivity index (χ0n) is 16.7. The molecule has 6 heteroatoms. The second-order valence-electron chi connectivity index (χ2n) is 8.39. The van der Waals surface area contributed by atoms with Crippen molar-refractivity contribution in [3.8, 4) is 0 Å². The van der Waals surface area contributed by atoms with Crippen LogP contribution in [0.2, 0.25) is 5.02 Å². The van der Waals surface area contributed by atoms with Gasteiger partial charge in [0, 0.05) is 16.6 Å². The number of hydrogen-bond donors (Lipinski definition) is 1. The van der Waals surface area contributed by atoms with E-state index in [2.05, 4.69) is 17.0 Å². The van der Waals surface area contributed by atoms with Crippen molar-refractivity contribution in [3.63, 3.8) is 0 Å². The number of nitrogens with one attached hydrogen (secondary N) is 1. The minimum absolute atomic E-state index is 0.0160. The molecule has 0 aliphatic heterocycles. The first kappa shape index (κ1) is 19.3. The summed E-state index contributed by atoms with van der Waals surface area (Å²) in [7, 11) is 0. The van der Waals surface area contributed by atoms with E-state index in [0.717, 1.165) is 42.1 Å². The van der Waals surface area contributed by atoms with Crippen LogP contribution < -0.4 is 5.56 Å². The Morgan fingerprint density at radius 3 is 2.70 bits per heavy atom. The van der Waals surface area contributed by atoms with Crippen LogP contribution in [0.5, 0.6) is 0 Å². The van der Waals surface area contributed by atoms with Crippen LogP contribution in [0.15, 0.2) is 53.5 Å². The predicted molar refractivity (Wildman–Crippen MR) is 119 cm³/mol. The molecule has 0 radical (unpaired) electrons. The van der Waals surface area contributed by atoms with Gasteiger partial charge in [-0.05, 0) is 92.5 Å². The molecule has 5 rings (SSSR count). The molecule has 2 heterocycles. The molecule has 1 fully saturated rings. The second-order valence-corrected chi connectivity index (χ2v) is 8.83. The Kier molecular flexibility index (Phi) is 4.86. The maximum absolute atomic E-state index is 13.8. The number of rotatable bonds is 3. The molecule has 4 nitrogen and oxygen atoms in total. The average Bonchev–Trinajstić information content (AvgIpc) is 3.09. The van der Waals surface area contributed by atoms with E-state index >= 15 is 0 Å². The number of fused-ring (bicyclic) bond motifs is 2. The molecule has 1 aliphatic rings. The van der Waals surface area contributed by atoms with Gasteiger partial charge in [0.2, 0.25) is 0 Å². The van der Waals surface area contributed by atoms with Gasteiger partial charge in [-0.2, -0.15) is 0 Å².